The maximum absolute atomic E-state index is 14.3. The van der Waals surface area contributed by atoms with Gasteiger partial charge in [0.2, 0.25) is 17.6 Å². The van der Waals surface area contributed by atoms with E-state index in [1.807, 2.05) is 20.8 Å². The topological polar surface area (TPSA) is 168 Å². The van der Waals surface area contributed by atoms with Gasteiger partial charge >= 0.3 is 6.03 Å². The zero-order valence-electron chi connectivity index (χ0n) is 26.5. The number of nitrogens with zero attached hydrogens (tertiary/aromatic N) is 1. The fourth-order valence-corrected chi connectivity index (χ4v) is 7.87. The summed E-state index contributed by atoms with van der Waals surface area (Å²) >= 11 is 0. The number of fused-ring (bicyclic) bond motifs is 1. The van der Waals surface area contributed by atoms with E-state index in [1.54, 1.807) is 6.92 Å². The number of urea groups is 1. The van der Waals surface area contributed by atoms with Crippen molar-refractivity contribution in [2.75, 3.05) is 6.54 Å². The van der Waals surface area contributed by atoms with Crippen molar-refractivity contribution in [1.82, 2.24) is 20.9 Å². The van der Waals surface area contributed by atoms with Crippen molar-refractivity contribution < 1.29 is 28.8 Å². The van der Waals surface area contributed by atoms with E-state index in [0.717, 1.165) is 38.5 Å². The van der Waals surface area contributed by atoms with Gasteiger partial charge in [-0.05, 0) is 80.0 Å². The summed E-state index contributed by atoms with van der Waals surface area (Å²) in [5.74, 6) is -2.83. The van der Waals surface area contributed by atoms with E-state index in [2.05, 4.69) is 29.8 Å². The number of ketones is 2. The molecule has 6 atom stereocenters. The first kappa shape index (κ1) is 31.4. The average Bonchev–Trinajstić information content (AvgIpc) is 3.88. The molecule has 5 fully saturated rings. The molecule has 0 aromatic heterocycles. The molecule has 0 radical (unpaired) electrons. The second-order valence-electron chi connectivity index (χ2n) is 15.7. The van der Waals surface area contributed by atoms with E-state index >= 15 is 0 Å². The molecule has 43 heavy (non-hydrogen) atoms. The molecule has 1 saturated heterocycles. The zero-order valence-corrected chi connectivity index (χ0v) is 26.5. The summed E-state index contributed by atoms with van der Waals surface area (Å²) in [5.41, 5.74) is 3.03. The van der Waals surface area contributed by atoms with Crippen LogP contribution in [0.15, 0.2) is 0 Å². The number of Topliss-reactive ketones (excluding diaryl/α,β-unsaturated/α-hetero) is 2. The lowest BCUT2D eigenvalue weighted by atomic mass is 9.85. The van der Waals surface area contributed by atoms with E-state index in [-0.39, 0.29) is 46.7 Å². The fourth-order valence-electron chi connectivity index (χ4n) is 7.87. The summed E-state index contributed by atoms with van der Waals surface area (Å²) in [4.78, 5) is 81.0. The number of carbonyl (C=O) groups is 6. The van der Waals surface area contributed by atoms with E-state index in [0.29, 0.717) is 19.4 Å². The molecular weight excluding hydrogens is 550 g/mol. The van der Waals surface area contributed by atoms with Crippen molar-refractivity contribution in [3.05, 3.63) is 0 Å². The molecule has 0 spiro atoms. The molecule has 0 aromatic rings. The van der Waals surface area contributed by atoms with Crippen molar-refractivity contribution in [2.45, 2.75) is 117 Å². The maximum Gasteiger partial charge on any atom is 0.316 e. The highest BCUT2D eigenvalue weighted by molar-refractivity contribution is 6.39. The first-order valence-corrected chi connectivity index (χ1v) is 16.1. The maximum atomic E-state index is 14.3. The van der Waals surface area contributed by atoms with E-state index in [9.17, 15) is 28.8 Å². The lowest BCUT2D eigenvalue weighted by Gasteiger charge is -2.39. The number of carbonyl (C=O) groups excluding carboxylic acids is 6. The minimum absolute atomic E-state index is 0.00710. The van der Waals surface area contributed by atoms with Crippen LogP contribution in [0.3, 0.4) is 0 Å². The van der Waals surface area contributed by atoms with Gasteiger partial charge < -0.3 is 26.6 Å². The van der Waals surface area contributed by atoms with Gasteiger partial charge in [-0.1, -0.05) is 47.5 Å². The van der Waals surface area contributed by atoms with Crippen LogP contribution in [0.2, 0.25) is 0 Å². The van der Waals surface area contributed by atoms with Gasteiger partial charge in [-0.25, -0.2) is 4.79 Å². The Labute approximate surface area is 254 Å². The van der Waals surface area contributed by atoms with Gasteiger partial charge in [0.15, 0.2) is 5.78 Å². The highest BCUT2D eigenvalue weighted by Crippen LogP contribution is 2.65. The number of piperidine rings is 1. The molecule has 11 heteroatoms. The van der Waals surface area contributed by atoms with Crippen LogP contribution in [0.1, 0.15) is 92.9 Å². The Morgan fingerprint density at radius 3 is 2.00 bits per heavy atom. The van der Waals surface area contributed by atoms with Gasteiger partial charge in [-0.2, -0.15) is 0 Å². The van der Waals surface area contributed by atoms with E-state index < -0.39 is 52.7 Å². The van der Waals surface area contributed by atoms with Crippen molar-refractivity contribution in [3.63, 3.8) is 0 Å². The SMILES string of the molecule is CC(NC(=O)[C@@H]1[C@@H]2[C@H](CN1C(=O)[C@@H](NC(=O)N[C@H](C(=O)C1CC1)C1CCCC1)C(C)(C)C)C2(C)C)(C(=O)C(N)=O)C1CC1. The number of rotatable bonds is 11. The Morgan fingerprint density at radius 1 is 0.884 bits per heavy atom. The molecule has 0 aromatic carbocycles. The van der Waals surface area contributed by atoms with E-state index in [4.69, 9.17) is 5.73 Å². The Morgan fingerprint density at radius 2 is 1.49 bits per heavy atom. The van der Waals surface area contributed by atoms with Crippen LogP contribution in [0.25, 0.3) is 0 Å². The standard InChI is InChI=1S/C32H49N5O6/c1-30(2,3)24(35-29(43)34-21(16-9-7-8-10-16)23(38)17-11-12-17)28(42)37-15-19-20(31(19,4)5)22(37)27(41)36-32(6,18-13-14-18)25(39)26(33)40/h16-22,24H,7-15H2,1-6H3,(H2,33,40)(H,36,41)(H2,34,35,43)/t19-,20-,21-,22-,24+,32?/m0/s1. The molecule has 1 unspecified atom stereocenters. The van der Waals surface area contributed by atoms with Gasteiger partial charge in [0.25, 0.3) is 5.91 Å². The number of nitrogens with two attached hydrogens (primary N) is 1. The third-order valence-electron chi connectivity index (χ3n) is 11.1. The Kier molecular flexibility index (Phi) is 7.95. The molecule has 1 heterocycles. The van der Waals surface area contributed by atoms with Crippen LogP contribution in [0.5, 0.6) is 0 Å². The second-order valence-corrected chi connectivity index (χ2v) is 15.7. The van der Waals surface area contributed by atoms with Crippen LogP contribution >= 0.6 is 0 Å². The molecule has 4 aliphatic carbocycles. The van der Waals surface area contributed by atoms with Crippen molar-refractivity contribution in [2.24, 2.45) is 46.2 Å². The fraction of sp³-hybridized carbons (Fsp3) is 0.812. The summed E-state index contributed by atoms with van der Waals surface area (Å²) in [6.07, 6.45) is 6.96. The predicted molar refractivity (Wildman–Crippen MR) is 158 cm³/mol. The Balaban J connectivity index is 1.34. The van der Waals surface area contributed by atoms with Crippen LogP contribution in [-0.4, -0.2) is 70.4 Å². The lowest BCUT2D eigenvalue weighted by Crippen LogP contribution is -2.64. The van der Waals surface area contributed by atoms with Gasteiger partial charge in [-0.3, -0.25) is 24.0 Å². The summed E-state index contributed by atoms with van der Waals surface area (Å²) < 4.78 is 0. The molecule has 4 saturated carbocycles. The van der Waals surface area contributed by atoms with Gasteiger partial charge in [0.05, 0.1) is 6.04 Å². The largest absolute Gasteiger partial charge is 0.363 e. The molecule has 5 amide bonds. The molecular formula is C32H49N5O6. The summed E-state index contributed by atoms with van der Waals surface area (Å²) in [7, 11) is 0. The summed E-state index contributed by atoms with van der Waals surface area (Å²) in [5, 5.41) is 8.66. The molecule has 5 aliphatic rings. The van der Waals surface area contributed by atoms with Crippen LogP contribution in [0, 0.1) is 40.4 Å². The monoisotopic (exact) mass is 599 g/mol. The molecule has 1 aliphatic heterocycles. The van der Waals surface area contributed by atoms with Crippen molar-refractivity contribution in [1.29, 1.82) is 0 Å². The normalized spacial score (nSPS) is 29.1. The lowest BCUT2D eigenvalue weighted by molar-refractivity contribution is -0.147. The van der Waals surface area contributed by atoms with E-state index in [1.165, 1.54) is 4.90 Å². The number of amides is 5. The third kappa shape index (κ3) is 5.92. The zero-order chi connectivity index (χ0) is 31.6. The number of hydrogen-bond donors (Lipinski definition) is 4. The number of likely N-dealkylation sites (tertiary alicyclic amines) is 1. The quantitative estimate of drug-likeness (QED) is 0.265. The van der Waals surface area contributed by atoms with Crippen LogP contribution < -0.4 is 21.7 Å². The van der Waals surface area contributed by atoms with Gasteiger partial charge in [-0.15, -0.1) is 0 Å². The van der Waals surface area contributed by atoms with Gasteiger partial charge in [0, 0.05) is 12.5 Å². The average molecular weight is 600 g/mol. The van der Waals surface area contributed by atoms with Crippen LogP contribution in [-0.2, 0) is 24.0 Å². The molecule has 0 bridgehead atoms. The first-order valence-electron chi connectivity index (χ1n) is 16.1. The number of nitrogens with one attached hydrogen (secondary N) is 3. The molecule has 238 valence electrons. The van der Waals surface area contributed by atoms with Gasteiger partial charge in [0.1, 0.15) is 17.6 Å². The number of hydrogen-bond acceptors (Lipinski definition) is 6. The molecule has 5 N–H and O–H groups in total. The second kappa shape index (κ2) is 10.9. The number of primary amides is 1. The summed E-state index contributed by atoms with van der Waals surface area (Å²) in [6, 6.07) is -2.94. The summed E-state index contributed by atoms with van der Waals surface area (Å²) in [6.45, 7) is 11.6. The highest BCUT2D eigenvalue weighted by Gasteiger charge is 2.70. The minimum Gasteiger partial charge on any atom is -0.363 e. The third-order valence-corrected chi connectivity index (χ3v) is 11.1. The smallest absolute Gasteiger partial charge is 0.316 e. The van der Waals surface area contributed by atoms with Crippen LogP contribution in [0.4, 0.5) is 4.79 Å². The molecule has 5 rings (SSSR count). The first-order chi connectivity index (χ1) is 20.0. The van der Waals surface area contributed by atoms with Crippen molar-refractivity contribution in [3.8, 4) is 0 Å². The Bertz CT molecular complexity index is 1210. The minimum atomic E-state index is -1.43. The Hall–Kier alpha value is -2.98. The van der Waals surface area contributed by atoms with Crippen molar-refractivity contribution >= 4 is 35.3 Å². The predicted octanol–water partition coefficient (Wildman–Crippen LogP) is 2.06. The molecule has 11 nitrogen and oxygen atoms in total. The highest BCUT2D eigenvalue weighted by atomic mass is 16.2.